The lowest BCUT2D eigenvalue weighted by molar-refractivity contribution is -0.0820. The van der Waals surface area contributed by atoms with Crippen molar-refractivity contribution in [2.75, 3.05) is 5.43 Å². The second-order valence-corrected chi connectivity index (χ2v) is 5.07. The van der Waals surface area contributed by atoms with Gasteiger partial charge in [-0.1, -0.05) is 23.2 Å². The Kier molecular flexibility index (Phi) is 6.67. The van der Waals surface area contributed by atoms with Crippen LogP contribution in [0.15, 0.2) is 23.3 Å². The Morgan fingerprint density at radius 3 is 2.35 bits per heavy atom. The summed E-state index contributed by atoms with van der Waals surface area (Å²) in [6.45, 7) is 1.30. The van der Waals surface area contributed by atoms with Gasteiger partial charge in [-0.15, -0.1) is 0 Å². The van der Waals surface area contributed by atoms with Crippen LogP contribution in [0.5, 0.6) is 0 Å². The minimum absolute atomic E-state index is 0.341. The molecule has 0 radical (unpaired) electrons. The Morgan fingerprint density at radius 2 is 1.80 bits per heavy atom. The monoisotopic (exact) mass is 322 g/mol. The molecule has 0 spiro atoms. The Bertz CT molecular complexity index is 471. The maximum atomic E-state index is 9.56. The van der Waals surface area contributed by atoms with Crippen LogP contribution >= 0.6 is 23.2 Å². The van der Waals surface area contributed by atoms with Crippen LogP contribution in [0, 0.1) is 0 Å². The lowest BCUT2D eigenvalue weighted by Gasteiger charge is -2.22. The molecule has 0 aliphatic carbocycles. The van der Waals surface area contributed by atoms with Gasteiger partial charge in [0.15, 0.2) is 0 Å². The molecule has 1 aromatic rings. The first-order valence-corrected chi connectivity index (χ1v) is 6.55. The topological polar surface area (TPSA) is 105 Å². The number of benzene rings is 1. The number of aliphatic hydroxyl groups is 4. The minimum atomic E-state index is -1.55. The molecule has 20 heavy (non-hydrogen) atoms. The lowest BCUT2D eigenvalue weighted by Crippen LogP contribution is -2.44. The number of rotatable bonds is 6. The second kappa shape index (κ2) is 7.78. The van der Waals surface area contributed by atoms with Crippen LogP contribution in [0.2, 0.25) is 10.0 Å². The SMILES string of the molecule is C[C@@H](O)[C@@H](O)[C@H](O)[C@H](O)C=NNc1ccc(Cl)cc1Cl. The highest BCUT2D eigenvalue weighted by Crippen LogP contribution is 2.25. The fraction of sp³-hybridized carbons (Fsp3) is 0.417. The third kappa shape index (κ3) is 4.90. The third-order valence-electron chi connectivity index (χ3n) is 2.54. The number of hydrogen-bond donors (Lipinski definition) is 5. The molecule has 0 aromatic heterocycles. The molecule has 5 N–H and O–H groups in total. The molecule has 0 fully saturated rings. The van der Waals surface area contributed by atoms with Crippen LogP contribution in [-0.4, -0.2) is 51.1 Å². The molecule has 112 valence electrons. The largest absolute Gasteiger partial charge is 0.391 e. The van der Waals surface area contributed by atoms with E-state index in [1.54, 1.807) is 12.1 Å². The smallest absolute Gasteiger partial charge is 0.119 e. The molecule has 0 unspecified atom stereocenters. The third-order valence-corrected chi connectivity index (χ3v) is 3.09. The summed E-state index contributed by atoms with van der Waals surface area (Å²) in [7, 11) is 0. The van der Waals surface area contributed by atoms with Crippen molar-refractivity contribution in [2.45, 2.75) is 31.3 Å². The molecular weight excluding hydrogens is 307 g/mol. The predicted molar refractivity (Wildman–Crippen MR) is 78.3 cm³/mol. The summed E-state index contributed by atoms with van der Waals surface area (Å²) in [6, 6.07) is 4.71. The van der Waals surface area contributed by atoms with E-state index >= 15 is 0 Å². The molecule has 0 amide bonds. The van der Waals surface area contributed by atoms with Crippen molar-refractivity contribution in [3.63, 3.8) is 0 Å². The molecule has 0 saturated heterocycles. The summed E-state index contributed by atoms with van der Waals surface area (Å²) >= 11 is 11.6. The highest BCUT2D eigenvalue weighted by molar-refractivity contribution is 6.36. The van der Waals surface area contributed by atoms with Crippen LogP contribution < -0.4 is 5.43 Å². The van der Waals surface area contributed by atoms with Gasteiger partial charge in [-0.25, -0.2) is 0 Å². The van der Waals surface area contributed by atoms with Gasteiger partial charge in [0.2, 0.25) is 0 Å². The van der Waals surface area contributed by atoms with Crippen LogP contribution in [0.3, 0.4) is 0 Å². The fourth-order valence-electron chi connectivity index (χ4n) is 1.34. The van der Waals surface area contributed by atoms with E-state index in [0.717, 1.165) is 6.21 Å². The van der Waals surface area contributed by atoms with E-state index in [2.05, 4.69) is 10.5 Å². The number of nitrogens with zero attached hydrogens (tertiary/aromatic N) is 1. The first-order valence-electron chi connectivity index (χ1n) is 5.79. The van der Waals surface area contributed by atoms with E-state index in [-0.39, 0.29) is 0 Å². The standard InChI is InChI=1S/C12H16Cl2N2O4/c1-6(17)11(19)12(20)10(18)5-15-16-9-3-2-7(13)4-8(9)14/h2-6,10-12,16-20H,1H3/t6-,10-,11-,12-/m1/s1. The maximum absolute atomic E-state index is 9.56. The molecule has 4 atom stereocenters. The van der Waals surface area contributed by atoms with Crippen molar-refractivity contribution >= 4 is 35.1 Å². The zero-order valence-corrected chi connectivity index (χ0v) is 12.1. The molecule has 0 bridgehead atoms. The maximum Gasteiger partial charge on any atom is 0.119 e. The molecule has 8 heteroatoms. The van der Waals surface area contributed by atoms with E-state index in [9.17, 15) is 15.3 Å². The number of hydrogen-bond acceptors (Lipinski definition) is 6. The zero-order chi connectivity index (χ0) is 15.3. The summed E-state index contributed by atoms with van der Waals surface area (Å²) in [6.07, 6.45) is -4.66. The molecule has 0 heterocycles. The van der Waals surface area contributed by atoms with Crippen molar-refractivity contribution < 1.29 is 20.4 Å². The highest BCUT2D eigenvalue weighted by Gasteiger charge is 2.26. The van der Waals surface area contributed by atoms with E-state index in [0.29, 0.717) is 15.7 Å². The fourth-order valence-corrected chi connectivity index (χ4v) is 1.79. The van der Waals surface area contributed by atoms with E-state index < -0.39 is 24.4 Å². The quantitative estimate of drug-likeness (QED) is 0.394. The first-order chi connectivity index (χ1) is 9.32. The van der Waals surface area contributed by atoms with Crippen molar-refractivity contribution in [1.82, 2.24) is 0 Å². The number of nitrogens with one attached hydrogen (secondary N) is 1. The van der Waals surface area contributed by atoms with E-state index in [1.807, 2.05) is 0 Å². The number of aliphatic hydroxyl groups excluding tert-OH is 4. The summed E-state index contributed by atoms with van der Waals surface area (Å²) in [5.41, 5.74) is 3.02. The van der Waals surface area contributed by atoms with Crippen LogP contribution in [-0.2, 0) is 0 Å². The highest BCUT2D eigenvalue weighted by atomic mass is 35.5. The Balaban J connectivity index is 2.60. The van der Waals surface area contributed by atoms with Crippen LogP contribution in [0.25, 0.3) is 0 Å². The summed E-state index contributed by atoms with van der Waals surface area (Å²) in [4.78, 5) is 0. The van der Waals surface area contributed by atoms with Crippen LogP contribution in [0.4, 0.5) is 5.69 Å². The molecule has 0 aliphatic heterocycles. The summed E-state index contributed by atoms with van der Waals surface area (Å²) < 4.78 is 0. The van der Waals surface area contributed by atoms with E-state index in [1.165, 1.54) is 13.0 Å². The normalized spacial score (nSPS) is 17.8. The average molecular weight is 323 g/mol. The molecular formula is C12H16Cl2N2O4. The van der Waals surface area contributed by atoms with Gasteiger partial charge in [0.25, 0.3) is 0 Å². The van der Waals surface area contributed by atoms with Gasteiger partial charge in [0.1, 0.15) is 18.3 Å². The van der Waals surface area contributed by atoms with Crippen molar-refractivity contribution in [3.05, 3.63) is 28.2 Å². The first kappa shape index (κ1) is 17.2. The Morgan fingerprint density at radius 1 is 1.15 bits per heavy atom. The molecule has 1 aromatic carbocycles. The average Bonchev–Trinajstić information content (AvgIpc) is 2.39. The van der Waals surface area contributed by atoms with Gasteiger partial charge in [-0.05, 0) is 25.1 Å². The van der Waals surface area contributed by atoms with Gasteiger partial charge in [-0.3, -0.25) is 5.43 Å². The molecule has 6 nitrogen and oxygen atoms in total. The van der Waals surface area contributed by atoms with Gasteiger partial charge in [0, 0.05) is 5.02 Å². The number of halogens is 2. The van der Waals surface area contributed by atoms with Gasteiger partial charge in [-0.2, -0.15) is 5.10 Å². The Labute approximate surface area is 126 Å². The summed E-state index contributed by atoms with van der Waals surface area (Å²) in [5.74, 6) is 0. The van der Waals surface area contributed by atoms with Gasteiger partial charge in [0.05, 0.1) is 23.0 Å². The van der Waals surface area contributed by atoms with Crippen molar-refractivity contribution in [3.8, 4) is 0 Å². The predicted octanol–water partition coefficient (Wildman–Crippen LogP) is 0.855. The lowest BCUT2D eigenvalue weighted by atomic mass is 10.1. The molecule has 1 rings (SSSR count). The molecule has 0 aliphatic rings. The van der Waals surface area contributed by atoms with Gasteiger partial charge >= 0.3 is 0 Å². The second-order valence-electron chi connectivity index (χ2n) is 4.23. The van der Waals surface area contributed by atoms with Crippen LogP contribution in [0.1, 0.15) is 6.92 Å². The number of anilines is 1. The number of hydrazone groups is 1. The zero-order valence-electron chi connectivity index (χ0n) is 10.6. The van der Waals surface area contributed by atoms with Crippen molar-refractivity contribution in [2.24, 2.45) is 5.10 Å². The van der Waals surface area contributed by atoms with Gasteiger partial charge < -0.3 is 20.4 Å². The summed E-state index contributed by atoms with van der Waals surface area (Å²) in [5, 5.41) is 42.1. The minimum Gasteiger partial charge on any atom is -0.391 e. The Hall–Kier alpha value is -0.890. The molecule has 0 saturated carbocycles. The van der Waals surface area contributed by atoms with E-state index in [4.69, 9.17) is 28.3 Å². The van der Waals surface area contributed by atoms with Crippen molar-refractivity contribution in [1.29, 1.82) is 0 Å².